The molecule has 0 aliphatic carbocycles. The average Bonchev–Trinajstić information content (AvgIpc) is 2.05. The molecule has 0 radical (unpaired) electrons. The van der Waals surface area contributed by atoms with Crippen molar-refractivity contribution in [2.24, 2.45) is 0 Å². The second kappa shape index (κ2) is 3.81. The molecule has 0 saturated carbocycles. The largest absolute Gasteiger partial charge is 0.256 e. The summed E-state index contributed by atoms with van der Waals surface area (Å²) in [6.07, 6.45) is 1.81. The normalized spacial score (nSPS) is 9.09. The Kier molecular flexibility index (Phi) is 3.00. The van der Waals surface area contributed by atoms with Crippen molar-refractivity contribution in [3.8, 4) is 0 Å². The van der Waals surface area contributed by atoms with Gasteiger partial charge in [0.15, 0.2) is 0 Å². The van der Waals surface area contributed by atoms with Crippen LogP contribution in [0.3, 0.4) is 0 Å². The summed E-state index contributed by atoms with van der Waals surface area (Å²) in [6, 6.07) is 12.1. The van der Waals surface area contributed by atoms with Crippen LogP contribution in [0.4, 0.5) is 0 Å². The number of pyridine rings is 1. The van der Waals surface area contributed by atoms with Gasteiger partial charge in [-0.3, -0.25) is 4.98 Å². The Morgan fingerprint density at radius 1 is 0.909 bits per heavy atom. The van der Waals surface area contributed by atoms with Gasteiger partial charge >= 0.3 is 0 Å². The molecule has 0 spiro atoms. The van der Waals surface area contributed by atoms with Crippen molar-refractivity contribution >= 4 is 10.9 Å². The van der Waals surface area contributed by atoms with Crippen LogP contribution in [-0.4, -0.2) is 4.98 Å². The summed E-state index contributed by atoms with van der Waals surface area (Å²) in [5.41, 5.74) is 1.06. The van der Waals surface area contributed by atoms with Crippen LogP contribution < -0.4 is 0 Å². The maximum absolute atomic E-state index is 4.18. The predicted octanol–water partition coefficient (Wildman–Crippen LogP) is 2.23. The zero-order valence-corrected chi connectivity index (χ0v) is 11.7. The fourth-order valence-electron chi connectivity index (χ4n) is 1.02. The first-order valence-corrected chi connectivity index (χ1v) is 3.26. The summed E-state index contributed by atoms with van der Waals surface area (Å²) in [5, 5.41) is 1.20. The number of para-hydroxylation sites is 1. The van der Waals surface area contributed by atoms with Gasteiger partial charge in [-0.15, -0.1) is 0 Å². The van der Waals surface area contributed by atoms with E-state index < -0.39 is 0 Å². The summed E-state index contributed by atoms with van der Waals surface area (Å²) in [5.74, 6) is 0. The summed E-state index contributed by atoms with van der Waals surface area (Å²) in [6.45, 7) is 0. The number of fused-ring (bicyclic) bond motifs is 1. The fourth-order valence-corrected chi connectivity index (χ4v) is 1.02. The van der Waals surface area contributed by atoms with Crippen LogP contribution in [0.25, 0.3) is 10.9 Å². The third-order valence-corrected chi connectivity index (χ3v) is 1.51. The maximum atomic E-state index is 4.18. The Morgan fingerprint density at radius 2 is 1.64 bits per heavy atom. The van der Waals surface area contributed by atoms with Gasteiger partial charge in [-0.1, -0.05) is 24.3 Å². The molecule has 0 aliphatic heterocycles. The van der Waals surface area contributed by atoms with Gasteiger partial charge in [-0.25, -0.2) is 0 Å². The monoisotopic (exact) mass is 331 g/mol. The van der Waals surface area contributed by atoms with E-state index >= 15 is 0 Å². The van der Waals surface area contributed by atoms with Gasteiger partial charge in [0, 0.05) is 39.3 Å². The molecule has 2 heteroatoms. The Morgan fingerprint density at radius 3 is 2.45 bits per heavy atom. The summed E-state index contributed by atoms with van der Waals surface area (Å²) in [4.78, 5) is 4.18. The van der Waals surface area contributed by atoms with Gasteiger partial charge in [-0.05, 0) is 12.1 Å². The predicted molar refractivity (Wildman–Crippen MR) is 41.7 cm³/mol. The standard InChI is InChI=1S/C9H7N.Hg/c1-2-6-9-8(4-1)5-3-7-10-9;/h1-7H;. The van der Waals surface area contributed by atoms with Gasteiger partial charge < -0.3 is 0 Å². The van der Waals surface area contributed by atoms with Crippen molar-refractivity contribution < 1.29 is 27.7 Å². The number of hydrogen-bond acceptors (Lipinski definition) is 1. The van der Waals surface area contributed by atoms with Gasteiger partial charge in [0.1, 0.15) is 0 Å². The van der Waals surface area contributed by atoms with Crippen LogP contribution in [-0.2, 0) is 27.7 Å². The second-order valence-corrected chi connectivity index (χ2v) is 2.20. The van der Waals surface area contributed by atoms with Gasteiger partial charge in [0.25, 0.3) is 0 Å². The van der Waals surface area contributed by atoms with Crippen LogP contribution in [0.2, 0.25) is 0 Å². The summed E-state index contributed by atoms with van der Waals surface area (Å²) in [7, 11) is 0. The van der Waals surface area contributed by atoms with Gasteiger partial charge in [-0.2, -0.15) is 0 Å². The van der Waals surface area contributed by atoms with Crippen LogP contribution in [0.5, 0.6) is 0 Å². The van der Waals surface area contributed by atoms with E-state index in [1.165, 1.54) is 5.39 Å². The second-order valence-electron chi connectivity index (χ2n) is 2.20. The molecule has 2 aromatic rings. The first kappa shape index (κ1) is 8.66. The van der Waals surface area contributed by atoms with Crippen LogP contribution in [0, 0.1) is 0 Å². The van der Waals surface area contributed by atoms with Crippen molar-refractivity contribution in [3.05, 3.63) is 42.6 Å². The molecule has 0 fully saturated rings. The molecule has 0 bridgehead atoms. The third-order valence-electron chi connectivity index (χ3n) is 1.51. The molecule has 0 saturated heterocycles. The maximum Gasteiger partial charge on any atom is 0.0701 e. The Bertz CT molecular complexity index is 281. The third kappa shape index (κ3) is 1.77. The first-order valence-electron chi connectivity index (χ1n) is 3.26. The van der Waals surface area contributed by atoms with Crippen LogP contribution in [0.15, 0.2) is 42.6 Å². The van der Waals surface area contributed by atoms with E-state index in [1.807, 2.05) is 30.5 Å². The van der Waals surface area contributed by atoms with E-state index in [0.29, 0.717) is 0 Å². The molecule has 11 heavy (non-hydrogen) atoms. The molecule has 1 aromatic carbocycles. The first-order chi connectivity index (χ1) is 4.97. The average molecular weight is 330 g/mol. The topological polar surface area (TPSA) is 12.9 Å². The molecule has 0 N–H and O–H groups in total. The fraction of sp³-hybridized carbons (Fsp3) is 0. The summed E-state index contributed by atoms with van der Waals surface area (Å²) >= 11 is 0. The van der Waals surface area contributed by atoms with Gasteiger partial charge in [0.05, 0.1) is 5.52 Å². The minimum atomic E-state index is 0. The van der Waals surface area contributed by atoms with E-state index in [4.69, 9.17) is 0 Å². The van der Waals surface area contributed by atoms with Crippen molar-refractivity contribution in [1.29, 1.82) is 0 Å². The van der Waals surface area contributed by atoms with Crippen molar-refractivity contribution in [2.45, 2.75) is 0 Å². The van der Waals surface area contributed by atoms with Crippen molar-refractivity contribution in [2.75, 3.05) is 0 Å². The van der Waals surface area contributed by atoms with E-state index in [9.17, 15) is 0 Å². The van der Waals surface area contributed by atoms with Gasteiger partial charge in [0.2, 0.25) is 0 Å². The van der Waals surface area contributed by atoms with E-state index in [0.717, 1.165) is 5.52 Å². The Balaban J connectivity index is 0.000000605. The number of benzene rings is 1. The zero-order valence-electron chi connectivity index (χ0n) is 6.20. The molecule has 2 rings (SSSR count). The molecule has 1 nitrogen and oxygen atoms in total. The zero-order chi connectivity index (χ0) is 6.81. The number of hydrogen-bond donors (Lipinski definition) is 0. The molecular weight excluding hydrogens is 323 g/mol. The SMILES string of the molecule is [Hg].c1ccc2ncccc2c1. The van der Waals surface area contributed by atoms with E-state index in [-0.39, 0.29) is 27.7 Å². The molecule has 1 heterocycles. The molecule has 0 unspecified atom stereocenters. The molecule has 0 aliphatic rings. The van der Waals surface area contributed by atoms with E-state index in [1.54, 1.807) is 0 Å². The Labute approximate surface area is 86.0 Å². The minimum Gasteiger partial charge on any atom is -0.256 e. The van der Waals surface area contributed by atoms with Crippen molar-refractivity contribution in [1.82, 2.24) is 4.98 Å². The van der Waals surface area contributed by atoms with Crippen LogP contribution in [0.1, 0.15) is 0 Å². The molecule has 50 valence electrons. The molecular formula is C9H7HgN. The minimum absolute atomic E-state index is 0. The summed E-state index contributed by atoms with van der Waals surface area (Å²) < 4.78 is 0. The quantitative estimate of drug-likeness (QED) is 0.676. The van der Waals surface area contributed by atoms with Crippen molar-refractivity contribution in [3.63, 3.8) is 0 Å². The smallest absolute Gasteiger partial charge is 0.0701 e. The number of rotatable bonds is 0. The number of nitrogens with zero attached hydrogens (tertiary/aromatic N) is 1. The molecule has 0 amide bonds. The number of aromatic nitrogens is 1. The van der Waals surface area contributed by atoms with E-state index in [2.05, 4.69) is 17.1 Å². The Hall–Kier alpha value is -0.435. The molecule has 0 atom stereocenters. The molecule has 1 aromatic heterocycles. The van der Waals surface area contributed by atoms with Crippen LogP contribution >= 0.6 is 0 Å².